The summed E-state index contributed by atoms with van der Waals surface area (Å²) >= 11 is 1.40. The maximum atomic E-state index is 13.2. The smallest absolute Gasteiger partial charge is 0.342 e. The quantitative estimate of drug-likeness (QED) is 0.629. The summed E-state index contributed by atoms with van der Waals surface area (Å²) in [7, 11) is 0. The first-order valence-electron chi connectivity index (χ1n) is 10.8. The Morgan fingerprint density at radius 2 is 1.62 bits per heavy atom. The topological polar surface area (TPSA) is 68.3 Å². The van der Waals surface area contributed by atoms with E-state index in [4.69, 9.17) is 4.74 Å². The maximum Gasteiger partial charge on any atom is 0.342 e. The molecule has 5 nitrogen and oxygen atoms in total. The zero-order valence-electron chi connectivity index (χ0n) is 16.7. The van der Waals surface area contributed by atoms with Crippen molar-refractivity contribution in [1.29, 1.82) is 0 Å². The molecule has 2 aromatic rings. The first-order chi connectivity index (χ1) is 14.2. The highest BCUT2D eigenvalue weighted by atomic mass is 32.1. The van der Waals surface area contributed by atoms with Gasteiger partial charge in [0.25, 0.3) is 0 Å². The molecule has 154 valence electrons. The summed E-state index contributed by atoms with van der Waals surface area (Å²) in [5.41, 5.74) is 2.19. The summed E-state index contributed by atoms with van der Waals surface area (Å²) in [5, 5.41) is 5.59. The number of amides is 1. The second-order valence-corrected chi connectivity index (χ2v) is 8.96. The number of nitrogens with one attached hydrogen (secondary N) is 1. The summed E-state index contributed by atoms with van der Waals surface area (Å²) in [6, 6.07) is 3.76. The fraction of sp³-hybridized carbons (Fsp3) is 0.522. The Morgan fingerprint density at radius 1 is 0.966 bits per heavy atom. The van der Waals surface area contributed by atoms with E-state index in [1.54, 1.807) is 12.4 Å². The number of thiophene rings is 1. The van der Waals surface area contributed by atoms with Gasteiger partial charge in [-0.3, -0.25) is 9.78 Å². The van der Waals surface area contributed by atoms with E-state index in [9.17, 15) is 9.59 Å². The molecule has 2 aromatic heterocycles. The van der Waals surface area contributed by atoms with Gasteiger partial charge in [-0.05, 0) is 56.2 Å². The van der Waals surface area contributed by atoms with Gasteiger partial charge in [0, 0.05) is 29.3 Å². The summed E-state index contributed by atoms with van der Waals surface area (Å²) in [4.78, 5) is 30.0. The minimum absolute atomic E-state index is 0.0247. The van der Waals surface area contributed by atoms with Crippen LogP contribution in [0.2, 0.25) is 0 Å². The Morgan fingerprint density at radius 3 is 2.31 bits per heavy atom. The van der Waals surface area contributed by atoms with Crippen LogP contribution in [0.4, 0.5) is 5.00 Å². The van der Waals surface area contributed by atoms with E-state index in [-0.39, 0.29) is 23.9 Å². The monoisotopic (exact) mass is 412 g/mol. The molecule has 0 atom stereocenters. The van der Waals surface area contributed by atoms with Crippen LogP contribution in [0.1, 0.15) is 74.6 Å². The second-order valence-electron chi connectivity index (χ2n) is 8.08. The van der Waals surface area contributed by atoms with Crippen LogP contribution in [0.15, 0.2) is 29.9 Å². The number of nitrogens with zero attached hydrogens (tertiary/aromatic N) is 1. The van der Waals surface area contributed by atoms with E-state index in [0.29, 0.717) is 10.6 Å². The van der Waals surface area contributed by atoms with Crippen LogP contribution in [-0.4, -0.2) is 23.0 Å². The molecule has 0 spiro atoms. The third-order valence-corrected chi connectivity index (χ3v) is 6.92. The Hall–Kier alpha value is -2.21. The fourth-order valence-electron chi connectivity index (χ4n) is 4.37. The van der Waals surface area contributed by atoms with Crippen LogP contribution in [0.25, 0.3) is 11.1 Å². The largest absolute Gasteiger partial charge is 0.459 e. The van der Waals surface area contributed by atoms with Crippen LogP contribution in [-0.2, 0) is 9.53 Å². The fourth-order valence-corrected chi connectivity index (χ4v) is 5.33. The molecule has 0 saturated heterocycles. The molecule has 6 heteroatoms. The van der Waals surface area contributed by atoms with Gasteiger partial charge in [0.1, 0.15) is 16.7 Å². The number of carbonyl (C=O) groups excluding carboxylic acids is 2. The standard InChI is InChI=1S/C23H28N2O3S/c26-21(17-7-3-1-4-8-17)25-22-20(23(27)28-18-9-5-2-6-10-18)19(15-29-22)16-11-13-24-14-12-16/h11-15,17-18H,1-10H2,(H,25,26). The van der Waals surface area contributed by atoms with Crippen molar-refractivity contribution in [2.75, 3.05) is 5.32 Å². The molecule has 0 unspecified atom stereocenters. The summed E-state index contributed by atoms with van der Waals surface area (Å²) < 4.78 is 5.87. The van der Waals surface area contributed by atoms with Crippen LogP contribution in [0.5, 0.6) is 0 Å². The van der Waals surface area contributed by atoms with Crippen LogP contribution in [0.3, 0.4) is 0 Å². The molecule has 29 heavy (non-hydrogen) atoms. The van der Waals surface area contributed by atoms with E-state index < -0.39 is 0 Å². The molecular weight excluding hydrogens is 384 g/mol. The maximum absolute atomic E-state index is 13.2. The van der Waals surface area contributed by atoms with Crippen molar-refractivity contribution in [3.8, 4) is 11.1 Å². The highest BCUT2D eigenvalue weighted by molar-refractivity contribution is 7.15. The number of esters is 1. The average Bonchev–Trinajstić information content (AvgIpc) is 3.19. The Kier molecular flexibility index (Phi) is 6.60. The van der Waals surface area contributed by atoms with Gasteiger partial charge >= 0.3 is 5.97 Å². The lowest BCUT2D eigenvalue weighted by Crippen LogP contribution is -2.26. The number of pyridine rings is 1. The third kappa shape index (κ3) is 4.86. The molecule has 2 aliphatic carbocycles. The second kappa shape index (κ2) is 9.53. The van der Waals surface area contributed by atoms with Crippen molar-refractivity contribution in [2.24, 2.45) is 5.92 Å². The number of carbonyl (C=O) groups is 2. The Balaban J connectivity index is 1.59. The van der Waals surface area contributed by atoms with Crippen molar-refractivity contribution in [3.05, 3.63) is 35.5 Å². The molecule has 2 saturated carbocycles. The number of hydrogen-bond donors (Lipinski definition) is 1. The molecular formula is C23H28N2O3S. The Bertz CT molecular complexity index is 837. The van der Waals surface area contributed by atoms with Gasteiger partial charge in [-0.1, -0.05) is 25.7 Å². The number of anilines is 1. The molecule has 2 heterocycles. The number of aromatic nitrogens is 1. The highest BCUT2D eigenvalue weighted by Crippen LogP contribution is 2.37. The predicted octanol–water partition coefficient (Wildman–Crippen LogP) is 5.82. The molecule has 1 amide bonds. The van der Waals surface area contributed by atoms with Gasteiger partial charge in [-0.25, -0.2) is 4.79 Å². The van der Waals surface area contributed by atoms with Crippen LogP contribution >= 0.6 is 11.3 Å². The lowest BCUT2D eigenvalue weighted by Gasteiger charge is -2.23. The normalized spacial score (nSPS) is 18.3. The minimum atomic E-state index is -0.330. The number of hydrogen-bond acceptors (Lipinski definition) is 5. The van der Waals surface area contributed by atoms with Gasteiger partial charge in [0.15, 0.2) is 0 Å². The van der Waals surface area contributed by atoms with Gasteiger partial charge < -0.3 is 10.1 Å². The minimum Gasteiger partial charge on any atom is -0.459 e. The van der Waals surface area contributed by atoms with Crippen molar-refractivity contribution >= 4 is 28.2 Å². The molecule has 4 rings (SSSR count). The lowest BCUT2D eigenvalue weighted by molar-refractivity contribution is -0.120. The number of rotatable bonds is 5. The SMILES string of the molecule is O=C(OC1CCCCC1)c1c(-c2ccncc2)csc1NC(=O)C1CCCCC1. The van der Waals surface area contributed by atoms with Crippen molar-refractivity contribution < 1.29 is 14.3 Å². The van der Waals surface area contributed by atoms with Crippen molar-refractivity contribution in [1.82, 2.24) is 4.98 Å². The van der Waals surface area contributed by atoms with E-state index in [1.165, 1.54) is 24.2 Å². The first-order valence-corrected chi connectivity index (χ1v) is 11.6. The van der Waals surface area contributed by atoms with Gasteiger partial charge in [-0.2, -0.15) is 0 Å². The molecule has 2 aliphatic rings. The van der Waals surface area contributed by atoms with Gasteiger partial charge in [-0.15, -0.1) is 11.3 Å². The molecule has 0 radical (unpaired) electrons. The van der Waals surface area contributed by atoms with Crippen LogP contribution in [0, 0.1) is 5.92 Å². The average molecular weight is 413 g/mol. The first kappa shape index (κ1) is 20.1. The molecule has 1 N–H and O–H groups in total. The zero-order chi connectivity index (χ0) is 20.1. The predicted molar refractivity (Wildman–Crippen MR) is 115 cm³/mol. The van der Waals surface area contributed by atoms with E-state index in [2.05, 4.69) is 10.3 Å². The van der Waals surface area contributed by atoms with Crippen molar-refractivity contribution in [2.45, 2.75) is 70.3 Å². The molecule has 0 aromatic carbocycles. The summed E-state index contributed by atoms with van der Waals surface area (Å²) in [6.07, 6.45) is 13.9. The van der Waals surface area contributed by atoms with Crippen LogP contribution < -0.4 is 5.32 Å². The van der Waals surface area contributed by atoms with Crippen molar-refractivity contribution in [3.63, 3.8) is 0 Å². The van der Waals surface area contributed by atoms with E-state index >= 15 is 0 Å². The van der Waals surface area contributed by atoms with E-state index in [1.807, 2.05) is 17.5 Å². The number of ether oxygens (including phenoxy) is 1. The van der Waals surface area contributed by atoms with Gasteiger partial charge in [0.2, 0.25) is 5.91 Å². The third-order valence-electron chi connectivity index (χ3n) is 6.03. The molecule has 0 bridgehead atoms. The van der Waals surface area contributed by atoms with E-state index in [0.717, 1.165) is 62.5 Å². The lowest BCUT2D eigenvalue weighted by atomic mass is 9.88. The molecule has 2 fully saturated rings. The summed E-state index contributed by atoms with van der Waals surface area (Å²) in [6.45, 7) is 0. The molecule has 0 aliphatic heterocycles. The summed E-state index contributed by atoms with van der Waals surface area (Å²) in [5.74, 6) is -0.263. The van der Waals surface area contributed by atoms with Gasteiger partial charge in [0.05, 0.1) is 0 Å². The Labute approximate surface area is 175 Å². The zero-order valence-corrected chi connectivity index (χ0v) is 17.5. The highest BCUT2D eigenvalue weighted by Gasteiger charge is 2.28.